The van der Waals surface area contributed by atoms with Crippen LogP contribution < -0.4 is 0 Å². The number of hydrogen-bond acceptors (Lipinski definition) is 2. The van der Waals surface area contributed by atoms with Gasteiger partial charge in [0.2, 0.25) is 0 Å². The van der Waals surface area contributed by atoms with Crippen molar-refractivity contribution in [2.45, 2.75) is 78.1 Å². The third kappa shape index (κ3) is 63.9. The summed E-state index contributed by atoms with van der Waals surface area (Å²) in [7, 11) is 0. The van der Waals surface area contributed by atoms with E-state index in [0.717, 1.165) is 12.8 Å². The lowest BCUT2D eigenvalue weighted by Crippen LogP contribution is -1.81. The molecule has 0 aromatic heterocycles. The van der Waals surface area contributed by atoms with Crippen LogP contribution in [0.15, 0.2) is 0 Å². The monoisotopic (exact) mass is 318 g/mol. The van der Waals surface area contributed by atoms with Gasteiger partial charge in [-0.1, -0.05) is 52.4 Å². The van der Waals surface area contributed by atoms with E-state index in [1.807, 2.05) is 0 Å². The Kier molecular flexibility index (Phi) is 27.5. The fourth-order valence-electron chi connectivity index (χ4n) is 1.46. The van der Waals surface area contributed by atoms with Crippen LogP contribution in [0.2, 0.25) is 0 Å². The van der Waals surface area contributed by atoms with Gasteiger partial charge in [-0.15, -0.1) is 11.8 Å². The standard InChI is InChI=1S/C14H26.2CH2O3/c1-3-5-7-9-11-13-14-12-10-8-6-4-2;2*2-1(3)4/h3-12H2,1-2H3;2*(H2,2,3,4). The molecule has 0 saturated carbocycles. The van der Waals surface area contributed by atoms with Gasteiger partial charge in [0.15, 0.2) is 0 Å². The predicted molar refractivity (Wildman–Crippen MR) is 86.6 cm³/mol. The van der Waals surface area contributed by atoms with Crippen molar-refractivity contribution in [3.63, 3.8) is 0 Å². The van der Waals surface area contributed by atoms with Crippen LogP contribution in [0, 0.1) is 11.8 Å². The summed E-state index contributed by atoms with van der Waals surface area (Å²) in [6.45, 7) is 4.50. The maximum atomic E-state index is 8.56. The first-order valence-corrected chi connectivity index (χ1v) is 7.67. The van der Waals surface area contributed by atoms with Crippen LogP contribution in [0.4, 0.5) is 9.59 Å². The Morgan fingerprint density at radius 3 is 1.14 bits per heavy atom. The summed E-state index contributed by atoms with van der Waals surface area (Å²) in [6, 6.07) is 0. The van der Waals surface area contributed by atoms with Gasteiger partial charge >= 0.3 is 12.3 Å². The zero-order valence-electron chi connectivity index (χ0n) is 13.7. The summed E-state index contributed by atoms with van der Waals surface area (Å²) in [5.74, 6) is 6.54. The van der Waals surface area contributed by atoms with E-state index in [1.54, 1.807) is 0 Å². The third-order valence-corrected chi connectivity index (χ3v) is 2.44. The van der Waals surface area contributed by atoms with Crippen molar-refractivity contribution >= 4 is 12.3 Å². The molecular formula is C16H30O6. The molecule has 0 spiro atoms. The first-order valence-electron chi connectivity index (χ1n) is 7.67. The maximum Gasteiger partial charge on any atom is 0.503 e. The average molecular weight is 318 g/mol. The molecule has 0 aliphatic heterocycles. The molecule has 6 nitrogen and oxygen atoms in total. The molecule has 130 valence electrons. The minimum absolute atomic E-state index is 1.12. The highest BCUT2D eigenvalue weighted by atomic mass is 16.6. The minimum atomic E-state index is -1.83. The van der Waals surface area contributed by atoms with Gasteiger partial charge in [-0.2, -0.15) is 0 Å². The van der Waals surface area contributed by atoms with Gasteiger partial charge in [-0.05, 0) is 12.8 Å². The zero-order valence-corrected chi connectivity index (χ0v) is 13.7. The SMILES string of the molecule is CCCCCCC#CCCCCCC.O=C(O)O.O=C(O)O. The molecular weight excluding hydrogens is 288 g/mol. The van der Waals surface area contributed by atoms with E-state index in [1.165, 1.54) is 51.4 Å². The summed E-state index contributed by atoms with van der Waals surface area (Å²) < 4.78 is 0. The van der Waals surface area contributed by atoms with Crippen LogP contribution in [0.5, 0.6) is 0 Å². The van der Waals surface area contributed by atoms with E-state index < -0.39 is 12.3 Å². The molecule has 0 aliphatic rings. The largest absolute Gasteiger partial charge is 0.503 e. The van der Waals surface area contributed by atoms with E-state index in [2.05, 4.69) is 25.7 Å². The Balaban J connectivity index is -0.000000372. The molecule has 0 heterocycles. The fraction of sp³-hybridized carbons (Fsp3) is 0.750. The lowest BCUT2D eigenvalue weighted by Gasteiger charge is -1.93. The first-order chi connectivity index (χ1) is 10.4. The zero-order chi connectivity index (χ0) is 17.6. The van der Waals surface area contributed by atoms with Gasteiger partial charge in [0, 0.05) is 12.8 Å². The Labute approximate surface area is 133 Å². The van der Waals surface area contributed by atoms with Crippen LogP contribution in [0.25, 0.3) is 0 Å². The molecule has 0 saturated heterocycles. The molecule has 22 heavy (non-hydrogen) atoms. The quantitative estimate of drug-likeness (QED) is 0.353. The van der Waals surface area contributed by atoms with E-state index >= 15 is 0 Å². The van der Waals surface area contributed by atoms with Gasteiger partial charge in [0.05, 0.1) is 0 Å². The fourth-order valence-corrected chi connectivity index (χ4v) is 1.46. The molecule has 0 aromatic carbocycles. The smallest absolute Gasteiger partial charge is 0.450 e. The van der Waals surface area contributed by atoms with Crippen molar-refractivity contribution in [1.29, 1.82) is 0 Å². The molecule has 0 aromatic rings. The molecule has 6 heteroatoms. The van der Waals surface area contributed by atoms with Crippen molar-refractivity contribution < 1.29 is 30.0 Å². The molecule has 0 unspecified atom stereocenters. The molecule has 0 aliphatic carbocycles. The first kappa shape index (κ1) is 25.1. The Morgan fingerprint density at radius 1 is 0.636 bits per heavy atom. The number of hydrogen-bond donors (Lipinski definition) is 4. The van der Waals surface area contributed by atoms with Gasteiger partial charge in [-0.25, -0.2) is 9.59 Å². The molecule has 0 atom stereocenters. The Morgan fingerprint density at radius 2 is 0.909 bits per heavy atom. The number of rotatable bonds is 8. The number of carboxylic acid groups (broad SMARTS) is 4. The van der Waals surface area contributed by atoms with E-state index in [-0.39, 0.29) is 0 Å². The van der Waals surface area contributed by atoms with Crippen molar-refractivity contribution in [3.8, 4) is 11.8 Å². The minimum Gasteiger partial charge on any atom is -0.450 e. The Hall–Kier alpha value is -1.90. The summed E-state index contributed by atoms with van der Waals surface area (Å²) in [5.41, 5.74) is 0. The second-order valence-corrected chi connectivity index (χ2v) is 4.54. The summed E-state index contributed by atoms with van der Waals surface area (Å²) in [5, 5.41) is 27.9. The average Bonchev–Trinajstić information content (AvgIpc) is 2.40. The molecule has 0 amide bonds. The second kappa shape index (κ2) is 24.1. The highest BCUT2D eigenvalue weighted by Gasteiger charge is 1.85. The predicted octanol–water partition coefficient (Wildman–Crippen LogP) is 5.38. The van der Waals surface area contributed by atoms with Crippen LogP contribution in [0.3, 0.4) is 0 Å². The normalized spacial score (nSPS) is 8.27. The van der Waals surface area contributed by atoms with E-state index in [0.29, 0.717) is 0 Å². The number of unbranched alkanes of at least 4 members (excludes halogenated alkanes) is 8. The third-order valence-electron chi connectivity index (χ3n) is 2.44. The van der Waals surface area contributed by atoms with Crippen LogP contribution in [0.1, 0.15) is 78.1 Å². The molecule has 0 rings (SSSR count). The van der Waals surface area contributed by atoms with Crippen molar-refractivity contribution in [3.05, 3.63) is 0 Å². The van der Waals surface area contributed by atoms with Crippen molar-refractivity contribution in [2.24, 2.45) is 0 Å². The highest BCUT2D eigenvalue weighted by Crippen LogP contribution is 2.03. The Bertz CT molecular complexity index is 267. The van der Waals surface area contributed by atoms with Gasteiger partial charge in [0.25, 0.3) is 0 Å². The van der Waals surface area contributed by atoms with E-state index in [9.17, 15) is 0 Å². The van der Waals surface area contributed by atoms with Gasteiger partial charge < -0.3 is 20.4 Å². The molecule has 0 radical (unpaired) electrons. The van der Waals surface area contributed by atoms with Crippen LogP contribution >= 0.6 is 0 Å². The lowest BCUT2D eigenvalue weighted by molar-refractivity contribution is 0.135. The number of carbonyl (C=O) groups is 2. The molecule has 4 N–H and O–H groups in total. The highest BCUT2D eigenvalue weighted by molar-refractivity contribution is 5.53. The summed E-state index contributed by atoms with van der Waals surface area (Å²) in [6.07, 6.45) is 9.29. The van der Waals surface area contributed by atoms with Crippen molar-refractivity contribution in [1.82, 2.24) is 0 Å². The molecule has 0 fully saturated rings. The summed E-state index contributed by atoms with van der Waals surface area (Å²) >= 11 is 0. The van der Waals surface area contributed by atoms with Gasteiger partial charge in [-0.3, -0.25) is 0 Å². The topological polar surface area (TPSA) is 115 Å². The second-order valence-electron chi connectivity index (χ2n) is 4.54. The van der Waals surface area contributed by atoms with Crippen LogP contribution in [-0.2, 0) is 0 Å². The van der Waals surface area contributed by atoms with E-state index in [4.69, 9.17) is 30.0 Å². The van der Waals surface area contributed by atoms with Crippen LogP contribution in [-0.4, -0.2) is 32.7 Å². The maximum absolute atomic E-state index is 8.56. The van der Waals surface area contributed by atoms with Gasteiger partial charge in [0.1, 0.15) is 0 Å². The summed E-state index contributed by atoms with van der Waals surface area (Å²) in [4.78, 5) is 17.1. The molecule has 0 bridgehead atoms. The lowest BCUT2D eigenvalue weighted by atomic mass is 10.1. The van der Waals surface area contributed by atoms with Crippen molar-refractivity contribution in [2.75, 3.05) is 0 Å².